The maximum atomic E-state index is 12.3. The topological polar surface area (TPSA) is 57.0 Å². The molecule has 0 N–H and O–H groups in total. The van der Waals surface area contributed by atoms with Crippen LogP contribution in [-0.2, 0) is 6.54 Å². The van der Waals surface area contributed by atoms with Gasteiger partial charge in [0, 0.05) is 30.5 Å². The standard InChI is InChI=1S/C15H12BrN3O/c1-19(10-11-2-4-13(16)5-3-11)15(20)14-9-18-7-6-12(14)8-17/h2-7,9H,10H2,1H3. The van der Waals surface area contributed by atoms with Gasteiger partial charge in [0.25, 0.3) is 5.91 Å². The average molecular weight is 330 g/mol. The molecule has 0 saturated heterocycles. The Morgan fingerprint density at radius 2 is 2.05 bits per heavy atom. The van der Waals surface area contributed by atoms with Crippen LogP contribution in [0.4, 0.5) is 0 Å². The molecule has 0 bridgehead atoms. The summed E-state index contributed by atoms with van der Waals surface area (Å²) in [7, 11) is 1.71. The quantitative estimate of drug-likeness (QED) is 0.869. The molecule has 1 aromatic heterocycles. The Morgan fingerprint density at radius 1 is 1.35 bits per heavy atom. The van der Waals surface area contributed by atoms with Crippen molar-refractivity contribution in [3.05, 3.63) is 63.9 Å². The van der Waals surface area contributed by atoms with E-state index in [1.165, 1.54) is 12.4 Å². The molecule has 0 radical (unpaired) electrons. The molecule has 20 heavy (non-hydrogen) atoms. The lowest BCUT2D eigenvalue weighted by Gasteiger charge is -2.17. The summed E-state index contributed by atoms with van der Waals surface area (Å²) < 4.78 is 0.995. The van der Waals surface area contributed by atoms with Crippen LogP contribution in [0.15, 0.2) is 47.2 Å². The lowest BCUT2D eigenvalue weighted by Crippen LogP contribution is -2.27. The van der Waals surface area contributed by atoms with Crippen LogP contribution >= 0.6 is 15.9 Å². The molecule has 0 unspecified atom stereocenters. The van der Waals surface area contributed by atoms with Gasteiger partial charge in [0.05, 0.1) is 11.1 Å². The number of carbonyl (C=O) groups is 1. The third-order valence-corrected chi connectivity index (χ3v) is 3.38. The number of nitriles is 1. The summed E-state index contributed by atoms with van der Waals surface area (Å²) in [6.07, 6.45) is 2.93. The molecule has 0 fully saturated rings. The van der Waals surface area contributed by atoms with Gasteiger partial charge >= 0.3 is 0 Å². The van der Waals surface area contributed by atoms with Crippen LogP contribution in [0.3, 0.4) is 0 Å². The number of benzene rings is 1. The second kappa shape index (κ2) is 6.31. The average Bonchev–Trinajstić information content (AvgIpc) is 2.48. The summed E-state index contributed by atoms with van der Waals surface area (Å²) in [5.41, 5.74) is 1.69. The molecular formula is C15H12BrN3O. The summed E-state index contributed by atoms with van der Waals surface area (Å²) in [5.74, 6) is -0.211. The van der Waals surface area contributed by atoms with Gasteiger partial charge < -0.3 is 4.90 Å². The highest BCUT2D eigenvalue weighted by Gasteiger charge is 2.16. The minimum Gasteiger partial charge on any atom is -0.337 e. The number of hydrogen-bond acceptors (Lipinski definition) is 3. The van der Waals surface area contributed by atoms with Gasteiger partial charge in [-0.3, -0.25) is 9.78 Å². The normalized spacial score (nSPS) is 9.85. The number of halogens is 1. The maximum Gasteiger partial charge on any atom is 0.256 e. The molecule has 0 spiro atoms. The van der Waals surface area contributed by atoms with E-state index in [9.17, 15) is 4.79 Å². The van der Waals surface area contributed by atoms with Gasteiger partial charge in [-0.25, -0.2) is 0 Å². The highest BCUT2D eigenvalue weighted by Crippen LogP contribution is 2.14. The Bertz CT molecular complexity index is 662. The number of aromatic nitrogens is 1. The fourth-order valence-corrected chi connectivity index (χ4v) is 2.07. The van der Waals surface area contributed by atoms with Crippen LogP contribution in [0.2, 0.25) is 0 Å². The van der Waals surface area contributed by atoms with Crippen molar-refractivity contribution < 1.29 is 4.79 Å². The van der Waals surface area contributed by atoms with Crippen molar-refractivity contribution in [3.8, 4) is 6.07 Å². The van der Waals surface area contributed by atoms with Crippen LogP contribution in [0.5, 0.6) is 0 Å². The first kappa shape index (κ1) is 14.2. The first-order chi connectivity index (χ1) is 9.61. The highest BCUT2D eigenvalue weighted by atomic mass is 79.9. The van der Waals surface area contributed by atoms with Crippen molar-refractivity contribution >= 4 is 21.8 Å². The predicted molar refractivity (Wildman–Crippen MR) is 78.9 cm³/mol. The van der Waals surface area contributed by atoms with Crippen molar-refractivity contribution in [3.63, 3.8) is 0 Å². The summed E-state index contributed by atoms with van der Waals surface area (Å²) in [5, 5.41) is 9.02. The third-order valence-electron chi connectivity index (χ3n) is 2.85. The predicted octanol–water partition coefficient (Wildman–Crippen LogP) is 2.99. The van der Waals surface area contributed by atoms with E-state index in [0.29, 0.717) is 17.7 Å². The Balaban J connectivity index is 2.17. The SMILES string of the molecule is CN(Cc1ccc(Br)cc1)C(=O)c1cnccc1C#N. The van der Waals surface area contributed by atoms with Crippen molar-refractivity contribution in [1.29, 1.82) is 5.26 Å². The first-order valence-corrected chi connectivity index (χ1v) is 6.75. The fraction of sp³-hybridized carbons (Fsp3) is 0.133. The largest absolute Gasteiger partial charge is 0.337 e. The third kappa shape index (κ3) is 3.22. The zero-order chi connectivity index (χ0) is 14.5. The lowest BCUT2D eigenvalue weighted by molar-refractivity contribution is 0.0784. The van der Waals surface area contributed by atoms with Crippen LogP contribution in [0, 0.1) is 11.3 Å². The number of rotatable bonds is 3. The van der Waals surface area contributed by atoms with E-state index in [4.69, 9.17) is 5.26 Å². The van der Waals surface area contributed by atoms with E-state index >= 15 is 0 Å². The number of carbonyl (C=O) groups excluding carboxylic acids is 1. The van der Waals surface area contributed by atoms with Crippen molar-refractivity contribution in [2.45, 2.75) is 6.54 Å². The van der Waals surface area contributed by atoms with Crippen LogP contribution in [0.25, 0.3) is 0 Å². The van der Waals surface area contributed by atoms with Crippen LogP contribution < -0.4 is 0 Å². The zero-order valence-electron chi connectivity index (χ0n) is 10.9. The zero-order valence-corrected chi connectivity index (χ0v) is 12.5. The van der Waals surface area contributed by atoms with Crippen LogP contribution in [0.1, 0.15) is 21.5 Å². The van der Waals surface area contributed by atoms with Gasteiger partial charge in [0.15, 0.2) is 0 Å². The molecule has 0 aliphatic heterocycles. The summed E-state index contributed by atoms with van der Waals surface area (Å²) in [6, 6.07) is 11.3. The van der Waals surface area contributed by atoms with E-state index in [0.717, 1.165) is 10.0 Å². The van der Waals surface area contributed by atoms with Crippen molar-refractivity contribution in [1.82, 2.24) is 9.88 Å². The molecule has 1 amide bonds. The van der Waals surface area contributed by atoms with Gasteiger partial charge in [-0.15, -0.1) is 0 Å². The Morgan fingerprint density at radius 3 is 2.70 bits per heavy atom. The van der Waals surface area contributed by atoms with Gasteiger partial charge in [-0.1, -0.05) is 28.1 Å². The number of pyridine rings is 1. The molecule has 100 valence electrons. The number of nitrogens with zero attached hydrogens (tertiary/aromatic N) is 3. The van der Waals surface area contributed by atoms with Gasteiger partial charge in [-0.05, 0) is 23.8 Å². The minimum absolute atomic E-state index is 0.211. The molecule has 1 aromatic carbocycles. The molecule has 2 aromatic rings. The van der Waals surface area contributed by atoms with E-state index in [2.05, 4.69) is 20.9 Å². The minimum atomic E-state index is -0.211. The Hall–Kier alpha value is -2.19. The molecule has 0 atom stereocenters. The van der Waals surface area contributed by atoms with E-state index in [1.54, 1.807) is 18.0 Å². The second-order valence-electron chi connectivity index (χ2n) is 4.32. The van der Waals surface area contributed by atoms with Gasteiger partial charge in [-0.2, -0.15) is 5.26 Å². The monoisotopic (exact) mass is 329 g/mol. The number of amides is 1. The van der Waals surface area contributed by atoms with Gasteiger partial charge in [0.2, 0.25) is 0 Å². The summed E-state index contributed by atoms with van der Waals surface area (Å²) in [6.45, 7) is 0.478. The molecule has 0 saturated carbocycles. The van der Waals surface area contributed by atoms with Crippen LogP contribution in [-0.4, -0.2) is 22.8 Å². The molecule has 0 aliphatic carbocycles. The summed E-state index contributed by atoms with van der Waals surface area (Å²) in [4.78, 5) is 17.8. The van der Waals surface area contributed by atoms with E-state index < -0.39 is 0 Å². The van der Waals surface area contributed by atoms with Gasteiger partial charge in [0.1, 0.15) is 6.07 Å². The fourth-order valence-electron chi connectivity index (χ4n) is 1.80. The van der Waals surface area contributed by atoms with Crippen molar-refractivity contribution in [2.24, 2.45) is 0 Å². The number of hydrogen-bond donors (Lipinski definition) is 0. The van der Waals surface area contributed by atoms with Crippen molar-refractivity contribution in [2.75, 3.05) is 7.05 Å². The second-order valence-corrected chi connectivity index (χ2v) is 5.24. The van der Waals surface area contributed by atoms with E-state index in [1.807, 2.05) is 30.3 Å². The first-order valence-electron chi connectivity index (χ1n) is 5.96. The van der Waals surface area contributed by atoms with E-state index in [-0.39, 0.29) is 5.91 Å². The molecule has 1 heterocycles. The maximum absolute atomic E-state index is 12.3. The lowest BCUT2D eigenvalue weighted by atomic mass is 10.1. The molecule has 5 heteroatoms. The highest BCUT2D eigenvalue weighted by molar-refractivity contribution is 9.10. The molecular weight excluding hydrogens is 318 g/mol. The molecule has 0 aliphatic rings. The molecule has 2 rings (SSSR count). The summed E-state index contributed by atoms with van der Waals surface area (Å²) >= 11 is 3.37. The molecule has 4 nitrogen and oxygen atoms in total. The Labute approximate surface area is 125 Å². The smallest absolute Gasteiger partial charge is 0.256 e. The Kier molecular flexibility index (Phi) is 4.49.